The average Bonchev–Trinajstić information content (AvgIpc) is 2.47. The Morgan fingerprint density at radius 1 is 1.25 bits per heavy atom. The number of ketones is 1. The van der Waals surface area contributed by atoms with E-state index in [1.165, 1.54) is 0 Å². The van der Waals surface area contributed by atoms with Crippen molar-refractivity contribution in [2.75, 3.05) is 0 Å². The van der Waals surface area contributed by atoms with Gasteiger partial charge in [0, 0.05) is 30.1 Å². The van der Waals surface area contributed by atoms with E-state index >= 15 is 0 Å². The highest BCUT2D eigenvalue weighted by atomic mass is 16.1. The second kappa shape index (κ2) is 6.19. The normalized spacial score (nSPS) is 11.8. The van der Waals surface area contributed by atoms with E-state index < -0.39 is 0 Å². The minimum atomic E-state index is -0.218. The first-order valence-corrected chi connectivity index (χ1v) is 6.50. The molecule has 0 saturated carbocycles. The van der Waals surface area contributed by atoms with E-state index in [-0.39, 0.29) is 17.5 Å². The molecule has 0 aliphatic rings. The quantitative estimate of drug-likeness (QED) is 0.630. The Hall–Kier alpha value is -2.36. The standard InChI is InChI=1S/C16H17N3O/c1-11(2)9-12(3)15(20)16-18-8-6-14(19-16)13-5-4-7-17-10-13/h4-10,12H,1-3H3/t12-/m0/s1. The fourth-order valence-corrected chi connectivity index (χ4v) is 1.93. The lowest BCUT2D eigenvalue weighted by Gasteiger charge is -2.06. The van der Waals surface area contributed by atoms with Gasteiger partial charge < -0.3 is 0 Å². The molecule has 0 spiro atoms. The molecule has 0 aliphatic heterocycles. The van der Waals surface area contributed by atoms with Crippen molar-refractivity contribution in [1.29, 1.82) is 0 Å². The molecule has 102 valence electrons. The lowest BCUT2D eigenvalue weighted by atomic mass is 10.0. The second-order valence-corrected chi connectivity index (χ2v) is 4.90. The third-order valence-electron chi connectivity index (χ3n) is 2.83. The van der Waals surface area contributed by atoms with Crippen molar-refractivity contribution in [2.45, 2.75) is 20.8 Å². The molecular formula is C16H17N3O. The van der Waals surface area contributed by atoms with Crippen LogP contribution in [0.15, 0.2) is 48.4 Å². The molecule has 0 amide bonds. The van der Waals surface area contributed by atoms with Crippen LogP contribution in [0.2, 0.25) is 0 Å². The van der Waals surface area contributed by atoms with Crippen LogP contribution in [0.3, 0.4) is 0 Å². The van der Waals surface area contributed by atoms with Gasteiger partial charge in [-0.2, -0.15) is 0 Å². The van der Waals surface area contributed by atoms with Crippen LogP contribution in [0.1, 0.15) is 31.4 Å². The zero-order valence-corrected chi connectivity index (χ0v) is 11.9. The van der Waals surface area contributed by atoms with E-state index in [1.54, 1.807) is 24.7 Å². The smallest absolute Gasteiger partial charge is 0.206 e. The summed E-state index contributed by atoms with van der Waals surface area (Å²) in [6, 6.07) is 5.52. The maximum atomic E-state index is 12.3. The number of pyridine rings is 1. The highest BCUT2D eigenvalue weighted by Gasteiger charge is 2.16. The van der Waals surface area contributed by atoms with E-state index in [9.17, 15) is 4.79 Å². The number of hydrogen-bond donors (Lipinski definition) is 0. The number of nitrogens with zero attached hydrogens (tertiary/aromatic N) is 3. The fraction of sp³-hybridized carbons (Fsp3) is 0.250. The monoisotopic (exact) mass is 267 g/mol. The van der Waals surface area contributed by atoms with Crippen molar-refractivity contribution < 1.29 is 4.79 Å². The first-order chi connectivity index (χ1) is 9.58. The molecule has 0 saturated heterocycles. The van der Waals surface area contributed by atoms with Crippen LogP contribution in [0.25, 0.3) is 11.3 Å². The zero-order valence-electron chi connectivity index (χ0n) is 11.9. The van der Waals surface area contributed by atoms with Crippen LogP contribution in [0, 0.1) is 5.92 Å². The van der Waals surface area contributed by atoms with Crippen molar-refractivity contribution in [3.8, 4) is 11.3 Å². The summed E-state index contributed by atoms with van der Waals surface area (Å²) in [7, 11) is 0. The predicted molar refractivity (Wildman–Crippen MR) is 78.2 cm³/mol. The van der Waals surface area contributed by atoms with Gasteiger partial charge in [-0.15, -0.1) is 0 Å². The molecule has 4 nitrogen and oxygen atoms in total. The van der Waals surface area contributed by atoms with E-state index in [1.807, 2.05) is 39.0 Å². The van der Waals surface area contributed by atoms with Crippen molar-refractivity contribution in [3.63, 3.8) is 0 Å². The SMILES string of the molecule is CC(C)=C[C@H](C)C(=O)c1nccc(-c2cccnc2)n1. The van der Waals surface area contributed by atoms with Crippen LogP contribution in [0.5, 0.6) is 0 Å². The van der Waals surface area contributed by atoms with Gasteiger partial charge >= 0.3 is 0 Å². The summed E-state index contributed by atoms with van der Waals surface area (Å²) in [5.74, 6) is -0.0440. The van der Waals surface area contributed by atoms with E-state index in [2.05, 4.69) is 15.0 Å². The lowest BCUT2D eigenvalue weighted by Crippen LogP contribution is -2.13. The highest BCUT2D eigenvalue weighted by molar-refractivity contribution is 5.95. The predicted octanol–water partition coefficient (Wildman–Crippen LogP) is 3.32. The molecule has 2 heterocycles. The Labute approximate surface area is 118 Å². The summed E-state index contributed by atoms with van der Waals surface area (Å²) in [5.41, 5.74) is 2.69. The first-order valence-electron chi connectivity index (χ1n) is 6.50. The Bertz CT molecular complexity index is 631. The number of aromatic nitrogens is 3. The minimum Gasteiger partial charge on any atom is -0.290 e. The molecule has 2 aromatic heterocycles. The fourth-order valence-electron chi connectivity index (χ4n) is 1.93. The Morgan fingerprint density at radius 2 is 2.05 bits per heavy atom. The minimum absolute atomic E-state index is 0.0723. The van der Waals surface area contributed by atoms with Gasteiger partial charge in [-0.25, -0.2) is 9.97 Å². The molecule has 0 aliphatic carbocycles. The Balaban J connectivity index is 2.31. The van der Waals surface area contributed by atoms with Crippen molar-refractivity contribution in [2.24, 2.45) is 5.92 Å². The van der Waals surface area contributed by atoms with E-state index in [0.29, 0.717) is 5.69 Å². The van der Waals surface area contributed by atoms with Crippen molar-refractivity contribution >= 4 is 5.78 Å². The molecule has 0 unspecified atom stereocenters. The number of allylic oxidation sites excluding steroid dienone is 2. The van der Waals surface area contributed by atoms with Gasteiger partial charge in [-0.3, -0.25) is 9.78 Å². The maximum absolute atomic E-state index is 12.3. The summed E-state index contributed by atoms with van der Waals surface area (Å²) in [6.07, 6.45) is 6.95. The summed E-state index contributed by atoms with van der Waals surface area (Å²) in [5, 5.41) is 0. The number of Topliss-reactive ketones (excluding diaryl/α,β-unsaturated/α-hetero) is 1. The van der Waals surface area contributed by atoms with Gasteiger partial charge in [-0.1, -0.05) is 18.6 Å². The topological polar surface area (TPSA) is 55.7 Å². The molecule has 2 aromatic rings. The molecule has 2 rings (SSSR count). The molecule has 4 heteroatoms. The molecular weight excluding hydrogens is 250 g/mol. The summed E-state index contributed by atoms with van der Waals surface area (Å²) in [4.78, 5) is 24.8. The molecule has 0 N–H and O–H groups in total. The third kappa shape index (κ3) is 3.35. The van der Waals surface area contributed by atoms with E-state index in [0.717, 1.165) is 11.1 Å². The summed E-state index contributed by atoms with van der Waals surface area (Å²) in [6.45, 7) is 5.79. The van der Waals surface area contributed by atoms with Crippen molar-refractivity contribution in [1.82, 2.24) is 15.0 Å². The maximum Gasteiger partial charge on any atom is 0.206 e. The number of hydrogen-bond acceptors (Lipinski definition) is 4. The van der Waals surface area contributed by atoms with Gasteiger partial charge in [-0.05, 0) is 32.0 Å². The number of carbonyl (C=O) groups is 1. The first kappa shape index (κ1) is 14.1. The van der Waals surface area contributed by atoms with Gasteiger partial charge in [0.1, 0.15) is 0 Å². The Kier molecular flexibility index (Phi) is 4.35. The van der Waals surface area contributed by atoms with Crippen LogP contribution < -0.4 is 0 Å². The van der Waals surface area contributed by atoms with Crippen LogP contribution >= 0.6 is 0 Å². The Morgan fingerprint density at radius 3 is 2.70 bits per heavy atom. The zero-order chi connectivity index (χ0) is 14.5. The molecule has 1 atom stereocenters. The third-order valence-corrected chi connectivity index (χ3v) is 2.83. The average molecular weight is 267 g/mol. The van der Waals surface area contributed by atoms with Gasteiger partial charge in [0.2, 0.25) is 5.78 Å². The van der Waals surface area contributed by atoms with Crippen molar-refractivity contribution in [3.05, 3.63) is 54.3 Å². The highest BCUT2D eigenvalue weighted by Crippen LogP contribution is 2.16. The molecule has 0 bridgehead atoms. The van der Waals surface area contributed by atoms with Gasteiger partial charge in [0.05, 0.1) is 5.69 Å². The van der Waals surface area contributed by atoms with Crippen LogP contribution in [0.4, 0.5) is 0 Å². The van der Waals surface area contributed by atoms with Gasteiger partial charge in [0.15, 0.2) is 5.82 Å². The summed E-state index contributed by atoms with van der Waals surface area (Å²) < 4.78 is 0. The van der Waals surface area contributed by atoms with Crippen LogP contribution in [-0.2, 0) is 0 Å². The molecule has 20 heavy (non-hydrogen) atoms. The lowest BCUT2D eigenvalue weighted by molar-refractivity contribution is 0.0942. The molecule has 0 radical (unpaired) electrons. The number of carbonyl (C=O) groups excluding carboxylic acids is 1. The molecule has 0 aromatic carbocycles. The second-order valence-electron chi connectivity index (χ2n) is 4.90. The largest absolute Gasteiger partial charge is 0.290 e. The van der Waals surface area contributed by atoms with Gasteiger partial charge in [0.25, 0.3) is 0 Å². The summed E-state index contributed by atoms with van der Waals surface area (Å²) >= 11 is 0. The molecule has 0 fully saturated rings. The van der Waals surface area contributed by atoms with Crippen LogP contribution in [-0.4, -0.2) is 20.7 Å². The number of rotatable bonds is 4. The van der Waals surface area contributed by atoms with E-state index in [4.69, 9.17) is 0 Å².